The molecular weight excluding hydrogens is 300 g/mol. The van der Waals surface area contributed by atoms with E-state index in [-0.39, 0.29) is 5.91 Å². The summed E-state index contributed by atoms with van der Waals surface area (Å²) in [6.45, 7) is 2.65. The number of nitrogens with one attached hydrogen (secondary N) is 1. The van der Waals surface area contributed by atoms with Gasteiger partial charge in [0.1, 0.15) is 12.4 Å². The van der Waals surface area contributed by atoms with Crippen molar-refractivity contribution in [3.8, 4) is 5.75 Å². The number of hydrogen-bond acceptors (Lipinski definition) is 5. The molecule has 1 unspecified atom stereocenters. The number of thiazole rings is 1. The highest BCUT2D eigenvalue weighted by Crippen LogP contribution is 2.15. The smallest absolute Gasteiger partial charge is 0.251 e. The van der Waals surface area contributed by atoms with Crippen LogP contribution in [0.4, 0.5) is 0 Å². The molecule has 0 radical (unpaired) electrons. The highest BCUT2D eigenvalue weighted by Gasteiger charge is 2.16. The van der Waals surface area contributed by atoms with Crippen molar-refractivity contribution in [1.29, 1.82) is 0 Å². The van der Waals surface area contributed by atoms with Gasteiger partial charge in [0.15, 0.2) is 0 Å². The summed E-state index contributed by atoms with van der Waals surface area (Å²) in [5.74, 6) is 1.11. The van der Waals surface area contributed by atoms with E-state index in [1.54, 1.807) is 41.1 Å². The molecule has 1 aliphatic heterocycles. The van der Waals surface area contributed by atoms with Gasteiger partial charge >= 0.3 is 0 Å². The lowest BCUT2D eigenvalue weighted by molar-refractivity contribution is 0.0945. The van der Waals surface area contributed by atoms with E-state index in [4.69, 9.17) is 9.47 Å². The molecule has 2 heterocycles. The minimum absolute atomic E-state index is 0.0575. The second-order valence-electron chi connectivity index (χ2n) is 5.23. The van der Waals surface area contributed by atoms with Crippen LogP contribution in [0.3, 0.4) is 0 Å². The third-order valence-electron chi connectivity index (χ3n) is 3.56. The Kier molecular flexibility index (Phi) is 5.03. The predicted octanol–water partition coefficient (Wildman–Crippen LogP) is 2.49. The van der Waals surface area contributed by atoms with E-state index in [9.17, 15) is 4.79 Å². The summed E-state index contributed by atoms with van der Waals surface area (Å²) >= 11 is 1.54. The van der Waals surface area contributed by atoms with Gasteiger partial charge < -0.3 is 14.8 Å². The van der Waals surface area contributed by atoms with E-state index in [0.29, 0.717) is 24.6 Å². The standard InChI is InChI=1S/C16H18N2O3S/c19-16(17-7-12-5-6-20-8-12)13-1-3-15(4-2-13)21-9-14-10-22-11-18-14/h1-4,10-12H,5-9H2,(H,17,19). The maximum absolute atomic E-state index is 12.1. The summed E-state index contributed by atoms with van der Waals surface area (Å²) in [5, 5.41) is 4.90. The molecule has 0 bridgehead atoms. The third kappa shape index (κ3) is 4.05. The van der Waals surface area contributed by atoms with Crippen LogP contribution < -0.4 is 10.1 Å². The minimum Gasteiger partial charge on any atom is -0.487 e. The summed E-state index contributed by atoms with van der Waals surface area (Å²) < 4.78 is 10.9. The zero-order chi connectivity index (χ0) is 15.2. The van der Waals surface area contributed by atoms with E-state index >= 15 is 0 Å². The molecule has 1 aromatic heterocycles. The summed E-state index contributed by atoms with van der Waals surface area (Å²) in [6.07, 6.45) is 1.02. The van der Waals surface area contributed by atoms with Crippen molar-refractivity contribution in [1.82, 2.24) is 10.3 Å². The number of rotatable bonds is 6. The van der Waals surface area contributed by atoms with Crippen molar-refractivity contribution in [2.45, 2.75) is 13.0 Å². The van der Waals surface area contributed by atoms with Crippen molar-refractivity contribution in [2.24, 2.45) is 5.92 Å². The first kappa shape index (κ1) is 15.0. The second kappa shape index (κ2) is 7.38. The molecular formula is C16H18N2O3S. The van der Waals surface area contributed by atoms with E-state index in [1.165, 1.54) is 0 Å². The van der Waals surface area contributed by atoms with Crippen LogP contribution in [-0.4, -0.2) is 30.6 Å². The lowest BCUT2D eigenvalue weighted by Gasteiger charge is -2.10. The van der Waals surface area contributed by atoms with Gasteiger partial charge in [0.05, 0.1) is 17.8 Å². The maximum Gasteiger partial charge on any atom is 0.251 e. The van der Waals surface area contributed by atoms with Crippen molar-refractivity contribution in [3.63, 3.8) is 0 Å². The Morgan fingerprint density at radius 3 is 2.95 bits per heavy atom. The lowest BCUT2D eigenvalue weighted by atomic mass is 10.1. The summed E-state index contributed by atoms with van der Waals surface area (Å²) in [6, 6.07) is 7.16. The molecule has 5 nitrogen and oxygen atoms in total. The average molecular weight is 318 g/mol. The molecule has 1 amide bonds. The molecule has 1 saturated heterocycles. The number of aromatic nitrogens is 1. The monoisotopic (exact) mass is 318 g/mol. The number of hydrogen-bond donors (Lipinski definition) is 1. The predicted molar refractivity (Wildman–Crippen MR) is 84.1 cm³/mol. The zero-order valence-corrected chi connectivity index (χ0v) is 13.0. The summed E-state index contributed by atoms with van der Waals surface area (Å²) in [4.78, 5) is 16.2. The molecule has 0 saturated carbocycles. The topological polar surface area (TPSA) is 60.5 Å². The Morgan fingerprint density at radius 2 is 2.27 bits per heavy atom. The maximum atomic E-state index is 12.1. The number of carbonyl (C=O) groups is 1. The van der Waals surface area contributed by atoms with Crippen LogP contribution in [0.15, 0.2) is 35.2 Å². The van der Waals surface area contributed by atoms with Gasteiger partial charge in [0.25, 0.3) is 5.91 Å². The highest BCUT2D eigenvalue weighted by molar-refractivity contribution is 7.07. The van der Waals surface area contributed by atoms with Crippen LogP contribution in [0.5, 0.6) is 5.75 Å². The van der Waals surface area contributed by atoms with E-state index < -0.39 is 0 Å². The van der Waals surface area contributed by atoms with Crippen LogP contribution in [-0.2, 0) is 11.3 Å². The second-order valence-corrected chi connectivity index (χ2v) is 5.95. The highest BCUT2D eigenvalue weighted by atomic mass is 32.1. The SMILES string of the molecule is O=C(NCC1CCOC1)c1ccc(OCc2cscn2)cc1. The fourth-order valence-electron chi connectivity index (χ4n) is 2.25. The number of ether oxygens (including phenoxy) is 2. The van der Waals surface area contributed by atoms with Gasteiger partial charge in [-0.15, -0.1) is 11.3 Å². The molecule has 1 aromatic carbocycles. The largest absolute Gasteiger partial charge is 0.487 e. The van der Waals surface area contributed by atoms with Gasteiger partial charge in [-0.1, -0.05) is 0 Å². The molecule has 3 rings (SSSR count). The first-order valence-corrected chi connectivity index (χ1v) is 8.21. The Labute approximate surface area is 133 Å². The Morgan fingerprint density at radius 1 is 1.41 bits per heavy atom. The molecule has 1 aliphatic rings. The Hall–Kier alpha value is -1.92. The third-order valence-corrected chi connectivity index (χ3v) is 4.20. The van der Waals surface area contributed by atoms with Gasteiger partial charge in [0.2, 0.25) is 0 Å². The summed E-state index contributed by atoms with van der Waals surface area (Å²) in [7, 11) is 0. The van der Waals surface area contributed by atoms with Crippen molar-refractivity contribution in [2.75, 3.05) is 19.8 Å². The van der Waals surface area contributed by atoms with Crippen LogP contribution >= 0.6 is 11.3 Å². The zero-order valence-electron chi connectivity index (χ0n) is 12.2. The molecule has 1 atom stereocenters. The molecule has 116 valence electrons. The molecule has 6 heteroatoms. The van der Waals surface area contributed by atoms with Crippen molar-refractivity contribution < 1.29 is 14.3 Å². The van der Waals surface area contributed by atoms with Gasteiger partial charge in [0, 0.05) is 30.0 Å². The molecule has 1 fully saturated rings. The molecule has 0 aliphatic carbocycles. The van der Waals surface area contributed by atoms with Gasteiger partial charge in [-0.2, -0.15) is 0 Å². The molecule has 1 N–H and O–H groups in total. The molecule has 0 spiro atoms. The van der Waals surface area contributed by atoms with Gasteiger partial charge in [-0.25, -0.2) is 4.98 Å². The molecule has 2 aromatic rings. The number of amides is 1. The minimum atomic E-state index is -0.0575. The van der Waals surface area contributed by atoms with Crippen LogP contribution in [0.1, 0.15) is 22.5 Å². The van der Waals surface area contributed by atoms with Crippen LogP contribution in [0.25, 0.3) is 0 Å². The number of benzene rings is 1. The van der Waals surface area contributed by atoms with E-state index in [0.717, 1.165) is 31.1 Å². The van der Waals surface area contributed by atoms with Crippen molar-refractivity contribution >= 4 is 17.2 Å². The molecule has 22 heavy (non-hydrogen) atoms. The Bertz CT molecular complexity index is 592. The van der Waals surface area contributed by atoms with E-state index in [1.807, 2.05) is 5.38 Å². The van der Waals surface area contributed by atoms with Crippen molar-refractivity contribution in [3.05, 3.63) is 46.4 Å². The van der Waals surface area contributed by atoms with Gasteiger partial charge in [-0.05, 0) is 30.7 Å². The average Bonchev–Trinajstić information content (AvgIpc) is 3.24. The number of nitrogens with zero attached hydrogens (tertiary/aromatic N) is 1. The fourth-order valence-corrected chi connectivity index (χ4v) is 2.80. The lowest BCUT2D eigenvalue weighted by Crippen LogP contribution is -2.29. The first-order valence-electron chi connectivity index (χ1n) is 7.27. The normalized spacial score (nSPS) is 17.4. The van der Waals surface area contributed by atoms with Gasteiger partial charge in [-0.3, -0.25) is 4.79 Å². The Balaban J connectivity index is 1.48. The van der Waals surface area contributed by atoms with E-state index in [2.05, 4.69) is 10.3 Å². The fraction of sp³-hybridized carbons (Fsp3) is 0.375. The summed E-state index contributed by atoms with van der Waals surface area (Å²) in [5.41, 5.74) is 3.33. The van der Waals surface area contributed by atoms with Crippen LogP contribution in [0.2, 0.25) is 0 Å². The first-order chi connectivity index (χ1) is 10.8. The number of carbonyl (C=O) groups excluding carboxylic acids is 1. The quantitative estimate of drug-likeness (QED) is 0.889. The van der Waals surface area contributed by atoms with Crippen LogP contribution in [0, 0.1) is 5.92 Å².